The maximum Gasteiger partial charge on any atom is 0.252 e. The van der Waals surface area contributed by atoms with Crippen LogP contribution in [0.25, 0.3) is 0 Å². The number of hydrogen-bond acceptors (Lipinski definition) is 5. The first-order chi connectivity index (χ1) is 15.2. The van der Waals surface area contributed by atoms with Gasteiger partial charge in [0.05, 0.1) is 31.2 Å². The van der Waals surface area contributed by atoms with Crippen LogP contribution in [-0.2, 0) is 20.8 Å². The number of carbonyl (C=O) groups is 1. The molecule has 0 unspecified atom stereocenters. The van der Waals surface area contributed by atoms with E-state index < -0.39 is 46.8 Å². The van der Waals surface area contributed by atoms with Crippen LogP contribution >= 0.6 is 0 Å². The van der Waals surface area contributed by atoms with E-state index in [0.717, 1.165) is 23.3 Å². The van der Waals surface area contributed by atoms with Gasteiger partial charge < -0.3 is 9.45 Å². The van der Waals surface area contributed by atoms with E-state index in [4.69, 9.17) is 4.84 Å². The quantitative estimate of drug-likeness (QED) is 0.377. The Morgan fingerprint density at radius 1 is 1.31 bits per heavy atom. The summed E-state index contributed by atoms with van der Waals surface area (Å²) in [7, 11) is 1.52. The molecule has 2 aliphatic heterocycles. The standard InChI is InChI=1S/C21H25F3N4O3S/c1-25-19(11-20(26-2)32(3)30)27-6-4-16(17(24)12-27)21(29)28-18(5-7-31-28)13-8-14(22)10-15(23)9-13/h8-11,16-18H,2,4-7,12H2,1,3H3/b20-11+,25-19+/t16-,17+,18+,32-/m0/s1. The van der Waals surface area contributed by atoms with Crippen molar-refractivity contribution in [3.8, 4) is 0 Å². The Labute approximate surface area is 187 Å². The number of aliphatic imine (C=N–C) groups is 2. The Bertz CT molecular complexity index is 907. The molecule has 1 aromatic carbocycles. The summed E-state index contributed by atoms with van der Waals surface area (Å²) in [5.41, 5.74) is 0.267. The normalized spacial score (nSPS) is 25.8. The maximum absolute atomic E-state index is 15.1. The molecular weight excluding hydrogens is 445 g/mol. The topological polar surface area (TPSA) is 80.6 Å². The van der Waals surface area contributed by atoms with E-state index in [0.29, 0.717) is 18.8 Å². The van der Waals surface area contributed by atoms with Crippen LogP contribution in [0, 0.1) is 17.6 Å². The van der Waals surface area contributed by atoms with E-state index in [2.05, 4.69) is 16.7 Å². The highest BCUT2D eigenvalue weighted by molar-refractivity contribution is 7.94. The van der Waals surface area contributed by atoms with Gasteiger partial charge in [0.1, 0.15) is 29.9 Å². The minimum atomic E-state index is -1.53. The lowest BCUT2D eigenvalue weighted by atomic mass is 9.92. The molecule has 7 nitrogen and oxygen atoms in total. The fourth-order valence-electron chi connectivity index (χ4n) is 3.94. The fourth-order valence-corrected chi connectivity index (χ4v) is 4.39. The van der Waals surface area contributed by atoms with Crippen molar-refractivity contribution in [2.45, 2.75) is 25.1 Å². The molecule has 2 saturated heterocycles. The summed E-state index contributed by atoms with van der Waals surface area (Å²) < 4.78 is 54.1. The van der Waals surface area contributed by atoms with Gasteiger partial charge in [-0.25, -0.2) is 23.2 Å². The molecule has 0 saturated carbocycles. The largest absolute Gasteiger partial charge is 0.610 e. The van der Waals surface area contributed by atoms with Crippen LogP contribution in [0.3, 0.4) is 0 Å². The van der Waals surface area contributed by atoms with Crippen molar-refractivity contribution in [3.05, 3.63) is 46.5 Å². The van der Waals surface area contributed by atoms with Crippen LogP contribution in [-0.4, -0.2) is 72.1 Å². The highest BCUT2D eigenvalue weighted by Crippen LogP contribution is 2.35. The van der Waals surface area contributed by atoms with Gasteiger partial charge in [-0.1, -0.05) is 0 Å². The third-order valence-corrected chi connectivity index (χ3v) is 6.34. The van der Waals surface area contributed by atoms with Crippen molar-refractivity contribution >= 4 is 29.6 Å². The average Bonchev–Trinajstić information content (AvgIpc) is 3.23. The molecule has 3 rings (SSSR count). The Kier molecular flexibility index (Phi) is 7.96. The number of halogens is 3. The lowest BCUT2D eigenvalue weighted by Crippen LogP contribution is -2.50. The molecule has 2 heterocycles. The summed E-state index contributed by atoms with van der Waals surface area (Å²) in [6, 6.07) is 2.37. The van der Waals surface area contributed by atoms with Gasteiger partial charge in [0.2, 0.25) is 5.03 Å². The van der Waals surface area contributed by atoms with E-state index in [1.165, 1.54) is 19.4 Å². The molecule has 2 aliphatic rings. The number of rotatable bonds is 5. The van der Waals surface area contributed by atoms with Gasteiger partial charge in [-0.15, -0.1) is 0 Å². The zero-order chi connectivity index (χ0) is 23.4. The van der Waals surface area contributed by atoms with Crippen LogP contribution in [0.4, 0.5) is 13.2 Å². The number of likely N-dealkylation sites (tertiary alicyclic amines) is 1. The Morgan fingerprint density at radius 2 is 2.00 bits per heavy atom. The highest BCUT2D eigenvalue weighted by Gasteiger charge is 2.42. The minimum absolute atomic E-state index is 0.104. The summed E-state index contributed by atoms with van der Waals surface area (Å²) in [5, 5.41) is 1.27. The number of amidine groups is 1. The number of hydroxylamine groups is 2. The Hall–Kier alpha value is -2.37. The summed E-state index contributed by atoms with van der Waals surface area (Å²) in [6.45, 7) is 3.79. The van der Waals surface area contributed by atoms with Crippen molar-refractivity contribution in [3.63, 3.8) is 0 Å². The molecule has 174 valence electrons. The molecule has 0 N–H and O–H groups in total. The highest BCUT2D eigenvalue weighted by atomic mass is 32.2. The monoisotopic (exact) mass is 470 g/mol. The predicted octanol–water partition coefficient (Wildman–Crippen LogP) is 2.78. The zero-order valence-corrected chi connectivity index (χ0v) is 18.7. The molecule has 1 aromatic rings. The number of benzene rings is 1. The van der Waals surface area contributed by atoms with Gasteiger partial charge in [-0.3, -0.25) is 14.6 Å². The van der Waals surface area contributed by atoms with Crippen molar-refractivity contribution in [1.29, 1.82) is 0 Å². The molecule has 0 aliphatic carbocycles. The van der Waals surface area contributed by atoms with E-state index >= 15 is 4.39 Å². The van der Waals surface area contributed by atoms with Gasteiger partial charge >= 0.3 is 0 Å². The van der Waals surface area contributed by atoms with Crippen molar-refractivity contribution < 1.29 is 27.4 Å². The summed E-state index contributed by atoms with van der Waals surface area (Å²) in [5.74, 6) is -2.64. The number of nitrogens with zero attached hydrogens (tertiary/aromatic N) is 4. The first-order valence-corrected chi connectivity index (χ1v) is 11.6. The lowest BCUT2D eigenvalue weighted by Gasteiger charge is -2.37. The number of piperidine rings is 1. The molecule has 0 aromatic heterocycles. The van der Waals surface area contributed by atoms with Gasteiger partial charge in [0.15, 0.2) is 0 Å². The SMILES string of the molecule is C=N/C(=C\C(=N/C)N1CC[C@H](C(=O)N2OCC[C@@H]2c2cc(F)cc(F)c2)[C@H](F)C1)[S@+](C)[O-]. The van der Waals surface area contributed by atoms with Gasteiger partial charge in [0, 0.05) is 37.3 Å². The second kappa shape index (κ2) is 10.5. The van der Waals surface area contributed by atoms with Crippen molar-refractivity contribution in [1.82, 2.24) is 9.96 Å². The van der Waals surface area contributed by atoms with E-state index in [1.807, 2.05) is 0 Å². The second-order valence-corrected chi connectivity index (χ2v) is 8.86. The maximum atomic E-state index is 15.1. The minimum Gasteiger partial charge on any atom is -0.610 e. The third kappa shape index (κ3) is 5.33. The summed E-state index contributed by atoms with van der Waals surface area (Å²) in [6.07, 6.45) is 1.95. The van der Waals surface area contributed by atoms with Gasteiger partial charge in [-0.2, -0.15) is 0 Å². The molecule has 1 amide bonds. The Balaban J connectivity index is 1.72. The summed E-state index contributed by atoms with van der Waals surface area (Å²) in [4.78, 5) is 28.0. The molecule has 2 fully saturated rings. The van der Waals surface area contributed by atoms with Crippen molar-refractivity contribution in [2.24, 2.45) is 15.9 Å². The van der Waals surface area contributed by atoms with Crippen LogP contribution < -0.4 is 0 Å². The van der Waals surface area contributed by atoms with E-state index in [1.54, 1.807) is 4.90 Å². The van der Waals surface area contributed by atoms with E-state index in [9.17, 15) is 18.1 Å². The number of alkyl halides is 1. The predicted molar refractivity (Wildman–Crippen MR) is 116 cm³/mol. The molecule has 0 spiro atoms. The lowest BCUT2D eigenvalue weighted by molar-refractivity contribution is -0.185. The first kappa shape index (κ1) is 24.3. The fraction of sp³-hybridized carbons (Fsp3) is 0.476. The first-order valence-electron chi connectivity index (χ1n) is 10.0. The van der Waals surface area contributed by atoms with Crippen LogP contribution in [0.15, 0.2) is 39.3 Å². The van der Waals surface area contributed by atoms with Crippen LogP contribution in [0.2, 0.25) is 0 Å². The molecule has 0 bridgehead atoms. The Morgan fingerprint density at radius 3 is 2.56 bits per heavy atom. The summed E-state index contributed by atoms with van der Waals surface area (Å²) >= 11 is -1.38. The smallest absolute Gasteiger partial charge is 0.252 e. The zero-order valence-electron chi connectivity index (χ0n) is 17.8. The van der Waals surface area contributed by atoms with Crippen LogP contribution in [0.5, 0.6) is 0 Å². The average molecular weight is 471 g/mol. The number of amides is 1. The van der Waals surface area contributed by atoms with Crippen LogP contribution in [0.1, 0.15) is 24.4 Å². The third-order valence-electron chi connectivity index (χ3n) is 5.51. The number of hydrogen-bond donors (Lipinski definition) is 0. The molecular formula is C21H25F3N4O3S. The number of carbonyl (C=O) groups excluding carboxylic acids is 1. The molecule has 32 heavy (non-hydrogen) atoms. The van der Waals surface area contributed by atoms with Gasteiger partial charge in [-0.05, 0) is 30.8 Å². The van der Waals surface area contributed by atoms with E-state index in [-0.39, 0.29) is 30.2 Å². The molecule has 11 heteroatoms. The second-order valence-electron chi connectivity index (χ2n) is 7.54. The molecule has 4 atom stereocenters. The molecule has 0 radical (unpaired) electrons. The van der Waals surface area contributed by atoms with Crippen molar-refractivity contribution in [2.75, 3.05) is 33.0 Å². The van der Waals surface area contributed by atoms with Gasteiger partial charge in [0.25, 0.3) is 5.91 Å².